The minimum atomic E-state index is -0.843. The molecule has 1 aliphatic carbocycles. The van der Waals surface area contributed by atoms with E-state index in [1.54, 1.807) is 27.7 Å². The summed E-state index contributed by atoms with van der Waals surface area (Å²) in [5, 5.41) is 0. The lowest BCUT2D eigenvalue weighted by atomic mass is 9.47. The fraction of sp³-hybridized carbons (Fsp3) is 0.750. The zero-order chi connectivity index (χ0) is 12.2. The quantitative estimate of drug-likeness (QED) is 0.573. The van der Waals surface area contributed by atoms with Crippen LogP contribution in [-0.2, 0) is 14.4 Å². The molecule has 0 amide bonds. The molecule has 0 N–H and O–H groups in total. The number of ketones is 3. The predicted octanol–water partition coefficient (Wildman–Crippen LogP) is 1.79. The van der Waals surface area contributed by atoms with Gasteiger partial charge in [0.25, 0.3) is 5.78 Å². The summed E-state index contributed by atoms with van der Waals surface area (Å²) in [4.78, 5) is 35.1. The van der Waals surface area contributed by atoms with Crippen molar-refractivity contribution in [2.45, 2.75) is 41.5 Å². The number of Topliss-reactive ketones (excluding diaryl/α,β-unsaturated/α-hetero) is 3. The topological polar surface area (TPSA) is 51.2 Å². The zero-order valence-corrected chi connectivity index (χ0v) is 10.2. The molecule has 0 atom stereocenters. The Balaban J connectivity index is 3.47. The first kappa shape index (κ1) is 12.1. The van der Waals surface area contributed by atoms with Gasteiger partial charge in [0.05, 0.1) is 0 Å². The Labute approximate surface area is 90.2 Å². The summed E-state index contributed by atoms with van der Waals surface area (Å²) in [6.07, 6.45) is 0. The summed E-state index contributed by atoms with van der Waals surface area (Å²) >= 11 is 0. The fourth-order valence-corrected chi connectivity index (χ4v) is 2.02. The van der Waals surface area contributed by atoms with E-state index in [-0.39, 0.29) is 0 Å². The largest absolute Gasteiger partial charge is 0.290 e. The molecule has 0 spiro atoms. The molecule has 15 heavy (non-hydrogen) atoms. The second-order valence-corrected chi connectivity index (χ2v) is 5.86. The van der Waals surface area contributed by atoms with E-state index < -0.39 is 33.6 Å². The lowest BCUT2D eigenvalue weighted by Crippen LogP contribution is -2.61. The summed E-state index contributed by atoms with van der Waals surface area (Å²) in [7, 11) is 0. The normalized spacial score (nSPS) is 28.0. The van der Waals surface area contributed by atoms with Crippen LogP contribution < -0.4 is 0 Å². The average molecular weight is 210 g/mol. The Morgan fingerprint density at radius 2 is 0.933 bits per heavy atom. The van der Waals surface area contributed by atoms with Crippen LogP contribution in [0, 0.1) is 16.2 Å². The van der Waals surface area contributed by atoms with Crippen molar-refractivity contribution in [1.82, 2.24) is 0 Å². The van der Waals surface area contributed by atoms with E-state index in [4.69, 9.17) is 0 Å². The van der Waals surface area contributed by atoms with Gasteiger partial charge in [-0.25, -0.2) is 0 Å². The molecule has 3 nitrogen and oxygen atoms in total. The molecule has 0 radical (unpaired) electrons. The van der Waals surface area contributed by atoms with Crippen LogP contribution >= 0.6 is 0 Å². The fourth-order valence-electron chi connectivity index (χ4n) is 2.02. The Morgan fingerprint density at radius 1 is 0.667 bits per heavy atom. The molecular formula is C12H18O3. The van der Waals surface area contributed by atoms with E-state index >= 15 is 0 Å². The Hall–Kier alpha value is -0.990. The van der Waals surface area contributed by atoms with Gasteiger partial charge in [0.2, 0.25) is 11.6 Å². The maximum atomic E-state index is 11.8. The number of hydrogen-bond acceptors (Lipinski definition) is 3. The van der Waals surface area contributed by atoms with Crippen molar-refractivity contribution in [3.8, 4) is 0 Å². The molecule has 0 aromatic rings. The zero-order valence-electron chi connectivity index (χ0n) is 10.2. The van der Waals surface area contributed by atoms with Gasteiger partial charge < -0.3 is 0 Å². The van der Waals surface area contributed by atoms with Crippen molar-refractivity contribution < 1.29 is 14.4 Å². The third-order valence-corrected chi connectivity index (χ3v) is 4.67. The van der Waals surface area contributed by atoms with Crippen LogP contribution in [0.2, 0.25) is 0 Å². The van der Waals surface area contributed by atoms with Gasteiger partial charge in [-0.15, -0.1) is 0 Å². The standard InChI is InChI=1S/C12H18O3/c1-10(2)8(14)7(13)9(15)11(3,4)12(10,5)6/h1-6H3. The maximum Gasteiger partial charge on any atom is 0.265 e. The third kappa shape index (κ3) is 1.15. The molecular weight excluding hydrogens is 192 g/mol. The van der Waals surface area contributed by atoms with E-state index in [1.807, 2.05) is 13.8 Å². The highest BCUT2D eigenvalue weighted by Crippen LogP contribution is 2.55. The first-order chi connectivity index (χ1) is 6.48. The van der Waals surface area contributed by atoms with Gasteiger partial charge in [-0.3, -0.25) is 14.4 Å². The van der Waals surface area contributed by atoms with Gasteiger partial charge >= 0.3 is 0 Å². The third-order valence-electron chi connectivity index (χ3n) is 4.67. The molecule has 1 saturated carbocycles. The Bertz CT molecular complexity index is 327. The summed E-state index contributed by atoms with van der Waals surface area (Å²) in [6, 6.07) is 0. The highest BCUT2D eigenvalue weighted by atomic mass is 16.2. The van der Waals surface area contributed by atoms with E-state index in [9.17, 15) is 14.4 Å². The maximum absolute atomic E-state index is 11.8. The Morgan fingerprint density at radius 3 is 1.20 bits per heavy atom. The van der Waals surface area contributed by atoms with Crippen molar-refractivity contribution in [1.29, 1.82) is 0 Å². The molecule has 0 unspecified atom stereocenters. The van der Waals surface area contributed by atoms with Crippen LogP contribution in [0.1, 0.15) is 41.5 Å². The molecule has 1 rings (SSSR count). The van der Waals surface area contributed by atoms with Crippen LogP contribution in [0.4, 0.5) is 0 Å². The van der Waals surface area contributed by atoms with Crippen molar-refractivity contribution in [2.75, 3.05) is 0 Å². The summed E-state index contributed by atoms with van der Waals surface area (Å²) in [5.74, 6) is -1.96. The van der Waals surface area contributed by atoms with Crippen LogP contribution in [0.3, 0.4) is 0 Å². The van der Waals surface area contributed by atoms with Gasteiger partial charge in [0, 0.05) is 10.8 Å². The van der Waals surface area contributed by atoms with Gasteiger partial charge in [-0.2, -0.15) is 0 Å². The highest BCUT2D eigenvalue weighted by molar-refractivity contribution is 6.66. The second kappa shape index (κ2) is 2.77. The summed E-state index contributed by atoms with van der Waals surface area (Å²) in [5.41, 5.74) is -2.11. The smallest absolute Gasteiger partial charge is 0.265 e. The van der Waals surface area contributed by atoms with E-state index in [1.165, 1.54) is 0 Å². The molecule has 1 aliphatic rings. The second-order valence-electron chi connectivity index (χ2n) is 5.86. The number of hydrogen-bond donors (Lipinski definition) is 0. The molecule has 0 bridgehead atoms. The van der Waals surface area contributed by atoms with Gasteiger partial charge in [0.1, 0.15) is 0 Å². The molecule has 0 heterocycles. The summed E-state index contributed by atoms with van der Waals surface area (Å²) in [6.45, 7) is 10.7. The molecule has 0 aliphatic heterocycles. The van der Waals surface area contributed by atoms with E-state index in [2.05, 4.69) is 0 Å². The molecule has 1 fully saturated rings. The minimum Gasteiger partial charge on any atom is -0.290 e. The van der Waals surface area contributed by atoms with Crippen LogP contribution in [0.5, 0.6) is 0 Å². The van der Waals surface area contributed by atoms with Crippen LogP contribution in [0.15, 0.2) is 0 Å². The number of carbonyl (C=O) groups excluding carboxylic acids is 3. The summed E-state index contributed by atoms with van der Waals surface area (Å²) < 4.78 is 0. The number of rotatable bonds is 0. The van der Waals surface area contributed by atoms with E-state index in [0.29, 0.717) is 0 Å². The van der Waals surface area contributed by atoms with Crippen LogP contribution in [0.25, 0.3) is 0 Å². The average Bonchev–Trinajstić information content (AvgIpc) is 2.12. The molecule has 3 heteroatoms. The van der Waals surface area contributed by atoms with Gasteiger partial charge in [-0.05, 0) is 5.41 Å². The molecule has 0 aromatic heterocycles. The van der Waals surface area contributed by atoms with Gasteiger partial charge in [-0.1, -0.05) is 41.5 Å². The Kier molecular flexibility index (Phi) is 2.23. The lowest BCUT2D eigenvalue weighted by Gasteiger charge is -2.52. The minimum absolute atomic E-state index is 0.526. The number of carbonyl (C=O) groups is 3. The van der Waals surface area contributed by atoms with Crippen molar-refractivity contribution >= 4 is 17.3 Å². The lowest BCUT2D eigenvalue weighted by molar-refractivity contribution is -0.168. The van der Waals surface area contributed by atoms with Crippen molar-refractivity contribution in [3.63, 3.8) is 0 Å². The molecule has 84 valence electrons. The first-order valence-corrected chi connectivity index (χ1v) is 5.11. The van der Waals surface area contributed by atoms with Crippen molar-refractivity contribution in [3.05, 3.63) is 0 Å². The van der Waals surface area contributed by atoms with Gasteiger partial charge in [0.15, 0.2) is 0 Å². The predicted molar refractivity (Wildman–Crippen MR) is 56.4 cm³/mol. The molecule has 0 saturated heterocycles. The first-order valence-electron chi connectivity index (χ1n) is 5.11. The highest BCUT2D eigenvalue weighted by Gasteiger charge is 2.62. The van der Waals surface area contributed by atoms with Crippen molar-refractivity contribution in [2.24, 2.45) is 16.2 Å². The van der Waals surface area contributed by atoms with Crippen LogP contribution in [-0.4, -0.2) is 17.3 Å². The van der Waals surface area contributed by atoms with E-state index in [0.717, 1.165) is 0 Å². The molecule has 0 aromatic carbocycles. The SMILES string of the molecule is CC1(C)C(=O)C(=O)C(=O)C(C)(C)C1(C)C. The monoisotopic (exact) mass is 210 g/mol.